The first kappa shape index (κ1) is 12.9. The molecule has 2 atom stereocenters. The number of carbonyl (C=O) groups excluding carboxylic acids is 2. The molecule has 0 aromatic carbocycles. The molecule has 2 unspecified atom stereocenters. The highest BCUT2D eigenvalue weighted by molar-refractivity contribution is 5.84. The highest BCUT2D eigenvalue weighted by atomic mass is 16.2. The molecule has 1 saturated carbocycles. The number of amides is 2. The molecule has 2 amide bonds. The molecule has 1 N–H and O–H groups in total. The Morgan fingerprint density at radius 3 is 2.58 bits per heavy atom. The minimum atomic E-state index is 0.0275. The van der Waals surface area contributed by atoms with Gasteiger partial charge in [-0.15, -0.1) is 0 Å². The third-order valence-electron chi connectivity index (χ3n) is 5.14. The van der Waals surface area contributed by atoms with Gasteiger partial charge in [-0.1, -0.05) is 12.8 Å². The summed E-state index contributed by atoms with van der Waals surface area (Å²) in [6.45, 7) is 1.48. The van der Waals surface area contributed by atoms with Crippen molar-refractivity contribution in [1.82, 2.24) is 10.2 Å². The summed E-state index contributed by atoms with van der Waals surface area (Å²) in [6, 6.07) is 0.493. The second-order valence-electron chi connectivity index (χ2n) is 6.33. The number of piperidine rings is 1. The second-order valence-corrected chi connectivity index (χ2v) is 6.33. The first-order valence-corrected chi connectivity index (χ1v) is 7.83. The molecular formula is C15H24N2O2. The smallest absolute Gasteiger partial charge is 0.227 e. The Morgan fingerprint density at radius 2 is 1.89 bits per heavy atom. The Bertz CT molecular complexity index is 353. The van der Waals surface area contributed by atoms with Crippen LogP contribution in [0.25, 0.3) is 0 Å². The second kappa shape index (κ2) is 5.51. The molecule has 2 saturated heterocycles. The molecule has 2 heterocycles. The first-order valence-electron chi connectivity index (χ1n) is 7.83. The van der Waals surface area contributed by atoms with Crippen LogP contribution in [-0.4, -0.2) is 35.8 Å². The summed E-state index contributed by atoms with van der Waals surface area (Å²) < 4.78 is 0. The van der Waals surface area contributed by atoms with Crippen LogP contribution < -0.4 is 5.32 Å². The van der Waals surface area contributed by atoms with Gasteiger partial charge in [-0.2, -0.15) is 0 Å². The van der Waals surface area contributed by atoms with Crippen molar-refractivity contribution in [2.75, 3.05) is 13.1 Å². The van der Waals surface area contributed by atoms with Crippen LogP contribution in [0.3, 0.4) is 0 Å². The van der Waals surface area contributed by atoms with Crippen LogP contribution in [0.1, 0.15) is 51.4 Å². The van der Waals surface area contributed by atoms with Crippen molar-refractivity contribution in [3.63, 3.8) is 0 Å². The first-order chi connectivity index (χ1) is 9.25. The summed E-state index contributed by atoms with van der Waals surface area (Å²) >= 11 is 0. The molecule has 4 heteroatoms. The average Bonchev–Trinajstić information content (AvgIpc) is 3.09. The van der Waals surface area contributed by atoms with Crippen molar-refractivity contribution in [3.05, 3.63) is 0 Å². The number of rotatable bonds is 2. The Hall–Kier alpha value is -1.06. The van der Waals surface area contributed by atoms with Crippen LogP contribution in [0.2, 0.25) is 0 Å². The fourth-order valence-corrected chi connectivity index (χ4v) is 4.08. The monoisotopic (exact) mass is 264 g/mol. The maximum atomic E-state index is 12.6. The topological polar surface area (TPSA) is 49.4 Å². The molecule has 19 heavy (non-hydrogen) atoms. The molecule has 2 aliphatic heterocycles. The van der Waals surface area contributed by atoms with E-state index in [-0.39, 0.29) is 11.8 Å². The number of nitrogens with one attached hydrogen (secondary N) is 1. The molecule has 0 radical (unpaired) electrons. The zero-order valence-corrected chi connectivity index (χ0v) is 11.6. The summed E-state index contributed by atoms with van der Waals surface area (Å²) in [5.41, 5.74) is 0. The molecule has 4 nitrogen and oxygen atoms in total. The van der Waals surface area contributed by atoms with Crippen molar-refractivity contribution in [3.8, 4) is 0 Å². The summed E-state index contributed by atoms with van der Waals surface area (Å²) in [5, 5.41) is 2.83. The maximum Gasteiger partial charge on any atom is 0.227 e. The van der Waals surface area contributed by atoms with Crippen LogP contribution in [0.15, 0.2) is 0 Å². The van der Waals surface area contributed by atoms with Crippen molar-refractivity contribution >= 4 is 11.8 Å². The van der Waals surface area contributed by atoms with Gasteiger partial charge < -0.3 is 10.2 Å². The largest absolute Gasteiger partial charge is 0.355 e. The molecule has 0 bridgehead atoms. The maximum absolute atomic E-state index is 12.6. The van der Waals surface area contributed by atoms with Crippen molar-refractivity contribution < 1.29 is 9.59 Å². The highest BCUT2D eigenvalue weighted by Crippen LogP contribution is 2.36. The van der Waals surface area contributed by atoms with E-state index in [0.29, 0.717) is 24.9 Å². The van der Waals surface area contributed by atoms with E-state index in [1.54, 1.807) is 0 Å². The lowest BCUT2D eigenvalue weighted by molar-refractivity contribution is -0.139. The molecule has 106 valence electrons. The van der Waals surface area contributed by atoms with Crippen molar-refractivity contribution in [2.24, 2.45) is 11.8 Å². The molecular weight excluding hydrogens is 240 g/mol. The van der Waals surface area contributed by atoms with Gasteiger partial charge in [-0.25, -0.2) is 0 Å². The Morgan fingerprint density at radius 1 is 1.11 bits per heavy atom. The molecule has 3 rings (SSSR count). The van der Waals surface area contributed by atoms with E-state index in [9.17, 15) is 9.59 Å². The Kier molecular flexibility index (Phi) is 3.76. The zero-order chi connectivity index (χ0) is 13.2. The fraction of sp³-hybridized carbons (Fsp3) is 0.867. The van der Waals surface area contributed by atoms with Gasteiger partial charge in [0.1, 0.15) is 0 Å². The van der Waals surface area contributed by atoms with Gasteiger partial charge in [-0.3, -0.25) is 9.59 Å². The lowest BCUT2D eigenvalue weighted by Gasteiger charge is -2.33. The van der Waals surface area contributed by atoms with Gasteiger partial charge in [0.2, 0.25) is 11.8 Å². The fourth-order valence-electron chi connectivity index (χ4n) is 4.08. The van der Waals surface area contributed by atoms with Crippen molar-refractivity contribution in [1.29, 1.82) is 0 Å². The number of carbonyl (C=O) groups is 2. The van der Waals surface area contributed by atoms with E-state index in [1.807, 2.05) is 0 Å². The van der Waals surface area contributed by atoms with Crippen LogP contribution in [0.4, 0.5) is 0 Å². The molecule has 3 aliphatic rings. The highest BCUT2D eigenvalue weighted by Gasteiger charge is 2.38. The van der Waals surface area contributed by atoms with E-state index in [0.717, 1.165) is 25.3 Å². The van der Waals surface area contributed by atoms with Crippen LogP contribution in [0, 0.1) is 11.8 Å². The predicted molar refractivity (Wildman–Crippen MR) is 72.4 cm³/mol. The lowest BCUT2D eigenvalue weighted by Crippen LogP contribution is -2.47. The van der Waals surface area contributed by atoms with Gasteiger partial charge in [0, 0.05) is 25.6 Å². The third kappa shape index (κ3) is 2.63. The number of likely N-dealkylation sites (tertiary alicyclic amines) is 1. The van der Waals surface area contributed by atoms with E-state index in [1.165, 1.54) is 32.1 Å². The van der Waals surface area contributed by atoms with E-state index < -0.39 is 0 Å². The number of hydrogen-bond acceptors (Lipinski definition) is 2. The predicted octanol–water partition coefficient (Wildman–Crippen LogP) is 1.69. The summed E-state index contributed by atoms with van der Waals surface area (Å²) in [6.07, 6.45) is 8.87. The normalized spacial score (nSPS) is 32.6. The van der Waals surface area contributed by atoms with Crippen LogP contribution >= 0.6 is 0 Å². The molecule has 3 fully saturated rings. The van der Waals surface area contributed by atoms with Gasteiger partial charge >= 0.3 is 0 Å². The van der Waals surface area contributed by atoms with Crippen LogP contribution in [-0.2, 0) is 9.59 Å². The summed E-state index contributed by atoms with van der Waals surface area (Å²) in [7, 11) is 0. The molecule has 0 aromatic rings. The average molecular weight is 264 g/mol. The molecule has 0 aromatic heterocycles. The van der Waals surface area contributed by atoms with Crippen molar-refractivity contribution in [2.45, 2.75) is 57.4 Å². The molecule has 1 aliphatic carbocycles. The standard InChI is InChI=1S/C15H24N2O2/c18-14-8-7-12(10-16-14)15(19)17-9-3-6-13(17)11-4-1-2-5-11/h11-13H,1-10H2,(H,16,18). The van der Waals surface area contributed by atoms with E-state index in [4.69, 9.17) is 0 Å². The summed E-state index contributed by atoms with van der Waals surface area (Å²) in [4.78, 5) is 26.0. The summed E-state index contributed by atoms with van der Waals surface area (Å²) in [5.74, 6) is 1.16. The lowest BCUT2D eigenvalue weighted by atomic mass is 9.93. The Labute approximate surface area is 114 Å². The van der Waals surface area contributed by atoms with Gasteiger partial charge in [0.25, 0.3) is 0 Å². The van der Waals surface area contributed by atoms with Gasteiger partial charge in [0.05, 0.1) is 5.92 Å². The SMILES string of the molecule is O=C1CCC(C(=O)N2CCCC2C2CCCC2)CN1. The van der Waals surface area contributed by atoms with Gasteiger partial charge in [0.15, 0.2) is 0 Å². The van der Waals surface area contributed by atoms with E-state index in [2.05, 4.69) is 10.2 Å². The van der Waals surface area contributed by atoms with E-state index >= 15 is 0 Å². The third-order valence-corrected chi connectivity index (χ3v) is 5.14. The minimum Gasteiger partial charge on any atom is -0.355 e. The zero-order valence-electron chi connectivity index (χ0n) is 11.6. The number of nitrogens with zero attached hydrogens (tertiary/aromatic N) is 1. The Balaban J connectivity index is 1.63. The number of hydrogen-bond donors (Lipinski definition) is 1. The quantitative estimate of drug-likeness (QED) is 0.825. The van der Waals surface area contributed by atoms with Gasteiger partial charge in [-0.05, 0) is 38.0 Å². The van der Waals surface area contributed by atoms with Crippen LogP contribution in [0.5, 0.6) is 0 Å². The molecule has 0 spiro atoms. The minimum absolute atomic E-state index is 0.0275.